The average molecular weight is 319 g/mol. The van der Waals surface area contributed by atoms with Crippen molar-refractivity contribution < 1.29 is 33.4 Å². The Morgan fingerprint density at radius 2 is 1.52 bits per heavy atom. The van der Waals surface area contributed by atoms with Gasteiger partial charge in [-0.3, -0.25) is 4.57 Å². The first-order valence-corrected chi connectivity index (χ1v) is 7.46. The Balaban J connectivity index is 0.000000567. The topological polar surface area (TPSA) is 136 Å². The number of aliphatic carboxylic acids is 2. The van der Waals surface area contributed by atoms with E-state index in [-0.39, 0.29) is 6.16 Å². The summed E-state index contributed by atoms with van der Waals surface area (Å²) in [4.78, 5) is 18.2. The molecular formula is C12H18NO7P. The normalized spacial score (nSPS) is 10.4. The number of carbonyl (C=O) groups is 2. The van der Waals surface area contributed by atoms with Gasteiger partial charge < -0.3 is 25.0 Å². The second-order valence-corrected chi connectivity index (χ2v) is 5.99. The Morgan fingerprint density at radius 3 is 1.86 bits per heavy atom. The van der Waals surface area contributed by atoms with E-state index >= 15 is 0 Å². The molecule has 0 spiro atoms. The maximum absolute atomic E-state index is 11.9. The lowest BCUT2D eigenvalue weighted by atomic mass is 10.1. The molecule has 0 saturated carbocycles. The van der Waals surface area contributed by atoms with Crippen LogP contribution in [-0.4, -0.2) is 36.4 Å². The third-order valence-corrected chi connectivity index (χ3v) is 4.28. The fraction of sp³-hybridized carbons (Fsp3) is 0.333. The van der Waals surface area contributed by atoms with Crippen molar-refractivity contribution in [2.24, 2.45) is 5.73 Å². The van der Waals surface area contributed by atoms with Crippen LogP contribution in [0.15, 0.2) is 24.3 Å². The first-order chi connectivity index (χ1) is 9.79. The van der Waals surface area contributed by atoms with Crippen molar-refractivity contribution >= 4 is 19.5 Å². The molecule has 0 aliphatic heterocycles. The van der Waals surface area contributed by atoms with Gasteiger partial charge in [0.2, 0.25) is 0 Å². The van der Waals surface area contributed by atoms with Crippen molar-refractivity contribution in [2.45, 2.75) is 12.7 Å². The van der Waals surface area contributed by atoms with Gasteiger partial charge in [-0.25, -0.2) is 9.59 Å². The number of nitrogens with two attached hydrogens (primary N) is 1. The van der Waals surface area contributed by atoms with E-state index in [9.17, 15) is 4.57 Å². The first kappa shape index (κ1) is 19.3. The molecule has 1 aromatic carbocycles. The van der Waals surface area contributed by atoms with E-state index in [4.69, 9.17) is 34.6 Å². The minimum Gasteiger partial charge on any atom is -0.473 e. The summed E-state index contributed by atoms with van der Waals surface area (Å²) in [6, 6.07) is 7.57. The summed E-state index contributed by atoms with van der Waals surface area (Å²) >= 11 is 0. The Labute approximate surface area is 122 Å². The highest BCUT2D eigenvalue weighted by Gasteiger charge is 2.22. The Morgan fingerprint density at radius 1 is 1.10 bits per heavy atom. The van der Waals surface area contributed by atoms with Crippen molar-refractivity contribution in [1.29, 1.82) is 0 Å². The van der Waals surface area contributed by atoms with Crippen LogP contribution in [0.1, 0.15) is 11.1 Å². The number of carboxylic acids is 2. The van der Waals surface area contributed by atoms with E-state index < -0.39 is 19.5 Å². The molecule has 8 nitrogen and oxygen atoms in total. The molecule has 0 heterocycles. The zero-order chi connectivity index (χ0) is 16.5. The largest absolute Gasteiger partial charge is 0.473 e. The molecule has 0 radical (unpaired) electrons. The van der Waals surface area contributed by atoms with Crippen LogP contribution in [-0.2, 0) is 35.9 Å². The summed E-state index contributed by atoms with van der Waals surface area (Å²) < 4.78 is 21.7. The van der Waals surface area contributed by atoms with Gasteiger partial charge in [-0.05, 0) is 11.1 Å². The van der Waals surface area contributed by atoms with Crippen LogP contribution in [0.2, 0.25) is 0 Å². The van der Waals surface area contributed by atoms with Gasteiger partial charge in [0, 0.05) is 20.8 Å². The van der Waals surface area contributed by atoms with Crippen LogP contribution in [0.5, 0.6) is 0 Å². The van der Waals surface area contributed by atoms with E-state index in [0.29, 0.717) is 6.54 Å². The van der Waals surface area contributed by atoms with Gasteiger partial charge >= 0.3 is 19.5 Å². The molecule has 0 aliphatic carbocycles. The van der Waals surface area contributed by atoms with E-state index in [0.717, 1.165) is 11.1 Å². The molecule has 4 N–H and O–H groups in total. The third kappa shape index (κ3) is 7.01. The van der Waals surface area contributed by atoms with Gasteiger partial charge in [0.15, 0.2) is 0 Å². The van der Waals surface area contributed by atoms with Gasteiger partial charge in [0.05, 0.1) is 6.16 Å². The molecule has 0 atom stereocenters. The molecule has 0 aromatic heterocycles. The molecule has 0 unspecified atom stereocenters. The lowest BCUT2D eigenvalue weighted by Gasteiger charge is -2.15. The van der Waals surface area contributed by atoms with Crippen LogP contribution < -0.4 is 5.73 Å². The predicted molar refractivity (Wildman–Crippen MR) is 74.9 cm³/mol. The lowest BCUT2D eigenvalue weighted by molar-refractivity contribution is -0.159. The molecule has 0 bridgehead atoms. The molecule has 118 valence electrons. The van der Waals surface area contributed by atoms with E-state index in [1.165, 1.54) is 14.2 Å². The number of hydrogen-bond donors (Lipinski definition) is 3. The highest BCUT2D eigenvalue weighted by molar-refractivity contribution is 7.52. The first-order valence-electron chi connectivity index (χ1n) is 5.73. The molecule has 21 heavy (non-hydrogen) atoms. The zero-order valence-corrected chi connectivity index (χ0v) is 12.6. The second-order valence-electron chi connectivity index (χ2n) is 3.72. The zero-order valence-electron chi connectivity index (χ0n) is 11.7. The maximum Gasteiger partial charge on any atom is 0.414 e. The number of benzene rings is 1. The van der Waals surface area contributed by atoms with Crippen molar-refractivity contribution in [2.75, 3.05) is 14.2 Å². The minimum absolute atomic E-state index is 0.257. The van der Waals surface area contributed by atoms with Gasteiger partial charge in [-0.1, -0.05) is 24.3 Å². The molecule has 0 aliphatic rings. The van der Waals surface area contributed by atoms with Crippen molar-refractivity contribution in [3.63, 3.8) is 0 Å². The molecular weight excluding hydrogens is 301 g/mol. The summed E-state index contributed by atoms with van der Waals surface area (Å²) in [6.07, 6.45) is 0.257. The molecule has 1 rings (SSSR count). The molecule has 1 aromatic rings. The fourth-order valence-corrected chi connectivity index (χ4v) is 2.46. The number of rotatable bonds is 5. The quantitative estimate of drug-likeness (QED) is 0.545. The van der Waals surface area contributed by atoms with Crippen LogP contribution in [0.25, 0.3) is 0 Å². The van der Waals surface area contributed by atoms with Crippen LogP contribution >= 0.6 is 7.60 Å². The minimum atomic E-state index is -3.00. The monoisotopic (exact) mass is 319 g/mol. The fourth-order valence-electron chi connectivity index (χ4n) is 1.32. The SMILES string of the molecule is COP(=O)(Cc1ccccc1CN)OC.O=C(O)C(=O)O. The van der Waals surface area contributed by atoms with Gasteiger partial charge in [0.1, 0.15) is 0 Å². The summed E-state index contributed by atoms with van der Waals surface area (Å²) in [5.41, 5.74) is 7.46. The summed E-state index contributed by atoms with van der Waals surface area (Å²) in [6.45, 7) is 0.420. The molecule has 0 amide bonds. The van der Waals surface area contributed by atoms with Crippen LogP contribution in [0, 0.1) is 0 Å². The van der Waals surface area contributed by atoms with Gasteiger partial charge in [-0.2, -0.15) is 0 Å². The third-order valence-electron chi connectivity index (χ3n) is 2.44. The predicted octanol–water partition coefficient (Wildman–Crippen LogP) is 1.29. The van der Waals surface area contributed by atoms with Gasteiger partial charge in [0.25, 0.3) is 0 Å². The van der Waals surface area contributed by atoms with Crippen molar-refractivity contribution in [1.82, 2.24) is 0 Å². The van der Waals surface area contributed by atoms with Gasteiger partial charge in [-0.15, -0.1) is 0 Å². The second kappa shape index (κ2) is 9.25. The summed E-state index contributed by atoms with van der Waals surface area (Å²) in [7, 11) is -0.230. The maximum atomic E-state index is 11.9. The van der Waals surface area contributed by atoms with Crippen molar-refractivity contribution in [3.05, 3.63) is 35.4 Å². The summed E-state index contributed by atoms with van der Waals surface area (Å²) in [5.74, 6) is -3.65. The molecule has 0 saturated heterocycles. The smallest absolute Gasteiger partial charge is 0.414 e. The Kier molecular flexibility index (Phi) is 8.49. The Hall–Kier alpha value is -1.73. The van der Waals surface area contributed by atoms with E-state index in [2.05, 4.69) is 0 Å². The summed E-state index contributed by atoms with van der Waals surface area (Å²) in [5, 5.41) is 14.8. The van der Waals surface area contributed by atoms with Crippen LogP contribution in [0.4, 0.5) is 0 Å². The average Bonchev–Trinajstić information content (AvgIpc) is 2.48. The number of carboxylic acid groups (broad SMARTS) is 2. The van der Waals surface area contributed by atoms with Crippen molar-refractivity contribution in [3.8, 4) is 0 Å². The molecule has 9 heteroatoms. The highest BCUT2D eigenvalue weighted by Crippen LogP contribution is 2.50. The standard InChI is InChI=1S/C10H16NO3P.C2H2O4/c1-13-15(12,14-2)8-10-6-4-3-5-9(10)7-11;3-1(4)2(5)6/h3-6H,7-8,11H2,1-2H3;(H,3,4)(H,5,6). The number of hydrogen-bond acceptors (Lipinski definition) is 6. The Bertz CT molecular complexity index is 512. The van der Waals surface area contributed by atoms with Crippen LogP contribution in [0.3, 0.4) is 0 Å². The van der Waals surface area contributed by atoms with E-state index in [1.54, 1.807) is 0 Å². The lowest BCUT2D eigenvalue weighted by Crippen LogP contribution is -2.09. The van der Waals surface area contributed by atoms with E-state index in [1.807, 2.05) is 24.3 Å². The highest BCUT2D eigenvalue weighted by atomic mass is 31.2. The molecule has 0 fully saturated rings.